The number of aryl methyl sites for hydroxylation is 2. The van der Waals surface area contributed by atoms with E-state index in [1.807, 2.05) is 12.1 Å². The number of nitrogens with one attached hydrogen (secondary N) is 1. The number of rotatable bonds is 3. The molecule has 1 aliphatic heterocycles. The number of anilines is 1. The number of aromatic amines is 1. The lowest BCUT2D eigenvalue weighted by Gasteiger charge is -2.20. The van der Waals surface area contributed by atoms with Crippen LogP contribution in [0.1, 0.15) is 28.7 Å². The van der Waals surface area contributed by atoms with Gasteiger partial charge in [0.2, 0.25) is 5.95 Å². The molecular weight excluding hydrogens is 413 g/mol. The lowest BCUT2D eigenvalue weighted by molar-refractivity contribution is -0.132. The second-order valence-electron chi connectivity index (χ2n) is 7.66. The Morgan fingerprint density at radius 1 is 1.12 bits per heavy atom. The number of benzene rings is 2. The second-order valence-corrected chi connectivity index (χ2v) is 7.66. The molecule has 0 spiro atoms. The molecule has 2 N–H and O–H groups in total. The van der Waals surface area contributed by atoms with Gasteiger partial charge >= 0.3 is 5.91 Å². The van der Waals surface area contributed by atoms with E-state index in [0.29, 0.717) is 28.1 Å². The fourth-order valence-electron chi connectivity index (χ4n) is 3.92. The zero-order valence-corrected chi connectivity index (χ0v) is 17.2. The Balaban J connectivity index is 1.73. The number of halogens is 1. The summed E-state index contributed by atoms with van der Waals surface area (Å²) in [6.07, 6.45) is 0. The smallest absolute Gasteiger partial charge is 0.302 e. The van der Waals surface area contributed by atoms with Crippen molar-refractivity contribution in [2.24, 2.45) is 0 Å². The first kappa shape index (κ1) is 19.7. The summed E-state index contributed by atoms with van der Waals surface area (Å²) in [5, 5.41) is 11.1. The average Bonchev–Trinajstić information content (AvgIpc) is 3.46. The van der Waals surface area contributed by atoms with Crippen LogP contribution in [0, 0.1) is 19.7 Å². The van der Waals surface area contributed by atoms with Gasteiger partial charge in [0.15, 0.2) is 0 Å². The number of aromatic nitrogens is 2. The van der Waals surface area contributed by atoms with Crippen LogP contribution < -0.4 is 4.90 Å². The molecule has 2 aromatic carbocycles. The third kappa shape index (κ3) is 2.99. The number of furan rings is 1. The number of ketones is 1. The fraction of sp³-hybridized carbons (Fsp3) is 0.125. The van der Waals surface area contributed by atoms with Crippen molar-refractivity contribution in [3.05, 3.63) is 88.6 Å². The number of fused-ring (bicyclic) bond motifs is 1. The molecule has 8 heteroatoms. The summed E-state index contributed by atoms with van der Waals surface area (Å²) >= 11 is 0. The van der Waals surface area contributed by atoms with Crippen LogP contribution in [0.3, 0.4) is 0 Å². The second kappa shape index (κ2) is 7.19. The lowest BCUT2D eigenvalue weighted by Crippen LogP contribution is -2.30. The van der Waals surface area contributed by atoms with Gasteiger partial charge in [0.25, 0.3) is 5.78 Å². The van der Waals surface area contributed by atoms with E-state index in [4.69, 9.17) is 4.42 Å². The standard InChI is InChI=1S/C24H18FN3O4/c1-12-11-14(8-9-15(12)25)21(29)19-20(18-10-7-13(2)32-18)28(23(31)22(19)30)24-26-16-5-3-4-6-17(16)27-24/h3-11,20,29H,1-2H3,(H,26,27)/b21-19+. The highest BCUT2D eigenvalue weighted by molar-refractivity contribution is 6.51. The number of carbonyl (C=O) groups excluding carboxylic acids is 2. The first-order valence-electron chi connectivity index (χ1n) is 9.94. The quantitative estimate of drug-likeness (QED) is 0.282. The molecule has 1 atom stereocenters. The number of amides is 1. The van der Waals surface area contributed by atoms with Crippen molar-refractivity contribution in [3.8, 4) is 0 Å². The molecule has 4 aromatic rings. The Morgan fingerprint density at radius 2 is 1.91 bits per heavy atom. The predicted molar refractivity (Wildman–Crippen MR) is 115 cm³/mol. The zero-order chi connectivity index (χ0) is 22.6. The van der Waals surface area contributed by atoms with Gasteiger partial charge in [-0.25, -0.2) is 9.37 Å². The van der Waals surface area contributed by atoms with Gasteiger partial charge in [-0.15, -0.1) is 0 Å². The minimum atomic E-state index is -1.05. The van der Waals surface area contributed by atoms with Gasteiger partial charge in [-0.05, 0) is 61.9 Å². The van der Waals surface area contributed by atoms with Gasteiger partial charge < -0.3 is 14.5 Å². The molecule has 7 nitrogen and oxygen atoms in total. The Kier molecular flexibility index (Phi) is 4.44. The Hall–Kier alpha value is -4.20. The fourth-order valence-corrected chi connectivity index (χ4v) is 3.92. The van der Waals surface area contributed by atoms with Crippen LogP contribution in [-0.2, 0) is 9.59 Å². The van der Waals surface area contributed by atoms with Crippen LogP contribution in [-0.4, -0.2) is 26.8 Å². The molecule has 2 aromatic heterocycles. The first-order valence-corrected chi connectivity index (χ1v) is 9.94. The molecule has 1 amide bonds. The third-order valence-electron chi connectivity index (χ3n) is 5.51. The minimum Gasteiger partial charge on any atom is -0.507 e. The third-order valence-corrected chi connectivity index (χ3v) is 5.51. The van der Waals surface area contributed by atoms with Crippen molar-refractivity contribution in [2.45, 2.75) is 19.9 Å². The van der Waals surface area contributed by atoms with Crippen LogP contribution in [0.25, 0.3) is 16.8 Å². The summed E-state index contributed by atoms with van der Waals surface area (Å²) in [6.45, 7) is 3.28. The summed E-state index contributed by atoms with van der Waals surface area (Å²) in [7, 11) is 0. The Bertz CT molecular complexity index is 1400. The van der Waals surface area contributed by atoms with Crippen molar-refractivity contribution in [1.82, 2.24) is 9.97 Å². The van der Waals surface area contributed by atoms with Crippen LogP contribution in [0.15, 0.2) is 64.6 Å². The van der Waals surface area contributed by atoms with Gasteiger partial charge in [0, 0.05) is 5.56 Å². The molecule has 160 valence electrons. The Morgan fingerprint density at radius 3 is 2.59 bits per heavy atom. The van der Waals surface area contributed by atoms with E-state index >= 15 is 0 Å². The van der Waals surface area contributed by atoms with Gasteiger partial charge in [0.1, 0.15) is 29.1 Å². The van der Waals surface area contributed by atoms with Gasteiger partial charge in [-0.1, -0.05) is 12.1 Å². The number of imidazole rings is 1. The Labute approximate surface area is 181 Å². The van der Waals surface area contributed by atoms with Crippen molar-refractivity contribution in [2.75, 3.05) is 4.90 Å². The summed E-state index contributed by atoms with van der Waals surface area (Å²) in [4.78, 5) is 34.9. The largest absolute Gasteiger partial charge is 0.507 e. The average molecular weight is 431 g/mol. The number of para-hydroxylation sites is 2. The molecule has 0 radical (unpaired) electrons. The monoisotopic (exact) mass is 431 g/mol. The molecule has 1 unspecified atom stereocenters. The molecule has 5 rings (SSSR count). The SMILES string of the molecule is Cc1ccc(C2/C(=C(\O)c3ccc(F)c(C)c3)C(=O)C(=O)N2c2nc3ccccc3[nH]2)o1. The van der Waals surface area contributed by atoms with Gasteiger partial charge in [0.05, 0.1) is 16.6 Å². The van der Waals surface area contributed by atoms with E-state index in [0.717, 1.165) is 0 Å². The molecule has 1 saturated heterocycles. The first-order chi connectivity index (χ1) is 15.3. The van der Waals surface area contributed by atoms with E-state index in [-0.39, 0.29) is 17.1 Å². The van der Waals surface area contributed by atoms with E-state index in [1.54, 1.807) is 38.1 Å². The summed E-state index contributed by atoms with van der Waals surface area (Å²) < 4.78 is 19.5. The highest BCUT2D eigenvalue weighted by Gasteiger charge is 2.49. The van der Waals surface area contributed by atoms with E-state index in [2.05, 4.69) is 9.97 Å². The molecule has 3 heterocycles. The topological polar surface area (TPSA) is 99.4 Å². The molecule has 1 aliphatic rings. The van der Waals surface area contributed by atoms with Crippen molar-refractivity contribution >= 4 is 34.4 Å². The van der Waals surface area contributed by atoms with Crippen molar-refractivity contribution in [3.63, 3.8) is 0 Å². The van der Waals surface area contributed by atoms with E-state index in [9.17, 15) is 19.1 Å². The van der Waals surface area contributed by atoms with Gasteiger partial charge in [-0.3, -0.25) is 14.5 Å². The summed E-state index contributed by atoms with van der Waals surface area (Å²) in [5.74, 6) is -1.57. The molecule has 0 saturated carbocycles. The van der Waals surface area contributed by atoms with Crippen LogP contribution in [0.4, 0.5) is 10.3 Å². The normalized spacial score (nSPS) is 18.1. The highest BCUT2D eigenvalue weighted by atomic mass is 19.1. The van der Waals surface area contributed by atoms with Crippen LogP contribution in [0.2, 0.25) is 0 Å². The lowest BCUT2D eigenvalue weighted by atomic mass is 9.98. The van der Waals surface area contributed by atoms with Crippen LogP contribution >= 0.6 is 0 Å². The molecule has 0 aliphatic carbocycles. The highest BCUT2D eigenvalue weighted by Crippen LogP contribution is 2.42. The molecule has 32 heavy (non-hydrogen) atoms. The zero-order valence-electron chi connectivity index (χ0n) is 17.2. The maximum absolute atomic E-state index is 13.8. The van der Waals surface area contributed by atoms with Crippen LogP contribution in [0.5, 0.6) is 0 Å². The van der Waals surface area contributed by atoms with Crippen molar-refractivity contribution < 1.29 is 23.5 Å². The number of aliphatic hydroxyl groups excluding tert-OH is 1. The van der Waals surface area contributed by atoms with Crippen molar-refractivity contribution in [1.29, 1.82) is 0 Å². The summed E-state index contributed by atoms with van der Waals surface area (Å²) in [5.41, 5.74) is 1.67. The minimum absolute atomic E-state index is 0.154. The number of Topliss-reactive ketones (excluding diaryl/α,β-unsaturated/α-hetero) is 1. The number of hydrogen-bond acceptors (Lipinski definition) is 5. The number of nitrogens with zero attached hydrogens (tertiary/aromatic N) is 2. The van der Waals surface area contributed by atoms with E-state index < -0.39 is 29.3 Å². The number of carbonyl (C=O) groups is 2. The number of hydrogen-bond donors (Lipinski definition) is 2. The maximum atomic E-state index is 13.8. The van der Waals surface area contributed by atoms with E-state index in [1.165, 1.54) is 23.1 Å². The maximum Gasteiger partial charge on any atom is 0.302 e. The molecular formula is C24H18FN3O4. The molecule has 0 bridgehead atoms. The molecule has 1 fully saturated rings. The number of aliphatic hydroxyl groups is 1. The predicted octanol–water partition coefficient (Wildman–Crippen LogP) is 4.54. The van der Waals surface area contributed by atoms with Gasteiger partial charge in [-0.2, -0.15) is 0 Å². The summed E-state index contributed by atoms with van der Waals surface area (Å²) in [6, 6.07) is 13.5. The number of H-pyrrole nitrogens is 1.